The maximum absolute atomic E-state index is 13.3. The number of nitro benzene ring substituents is 1. The lowest BCUT2D eigenvalue weighted by Crippen LogP contribution is -2.46. The molecule has 0 amide bonds. The SMILES string of the molecule is NC1(Cc2cc(F)cc([N+](=O)[O-])c2)CCOCC1. The third kappa shape index (κ3) is 3.02. The molecule has 2 rings (SSSR count). The zero-order valence-electron chi connectivity index (χ0n) is 9.89. The average molecular weight is 254 g/mol. The average Bonchev–Trinajstić information content (AvgIpc) is 2.28. The number of hydrogen-bond acceptors (Lipinski definition) is 4. The Morgan fingerprint density at radius 3 is 2.67 bits per heavy atom. The van der Waals surface area contributed by atoms with Crippen LogP contribution in [0.15, 0.2) is 18.2 Å². The maximum Gasteiger partial charge on any atom is 0.272 e. The fraction of sp³-hybridized carbons (Fsp3) is 0.500. The van der Waals surface area contributed by atoms with Crippen molar-refractivity contribution in [1.82, 2.24) is 0 Å². The largest absolute Gasteiger partial charge is 0.381 e. The predicted molar refractivity (Wildman–Crippen MR) is 63.7 cm³/mol. The van der Waals surface area contributed by atoms with Crippen LogP contribution < -0.4 is 5.73 Å². The highest BCUT2D eigenvalue weighted by atomic mass is 19.1. The molecule has 0 atom stereocenters. The van der Waals surface area contributed by atoms with Crippen molar-refractivity contribution in [2.45, 2.75) is 24.8 Å². The van der Waals surface area contributed by atoms with Crippen LogP contribution >= 0.6 is 0 Å². The molecule has 2 N–H and O–H groups in total. The van der Waals surface area contributed by atoms with Gasteiger partial charge in [-0.05, 0) is 30.9 Å². The molecule has 1 aromatic rings. The number of rotatable bonds is 3. The smallest absolute Gasteiger partial charge is 0.272 e. The first kappa shape index (κ1) is 12.9. The Bertz CT molecular complexity index is 459. The van der Waals surface area contributed by atoms with Gasteiger partial charge in [-0.1, -0.05) is 0 Å². The number of nitrogens with zero attached hydrogens (tertiary/aromatic N) is 1. The minimum atomic E-state index is -0.602. The van der Waals surface area contributed by atoms with Crippen LogP contribution in [0.1, 0.15) is 18.4 Å². The Labute approximate surface area is 104 Å². The predicted octanol–water partition coefficient (Wildman–Crippen LogP) is 1.78. The van der Waals surface area contributed by atoms with Gasteiger partial charge < -0.3 is 10.5 Å². The van der Waals surface area contributed by atoms with E-state index in [9.17, 15) is 14.5 Å². The van der Waals surface area contributed by atoms with E-state index in [4.69, 9.17) is 10.5 Å². The van der Waals surface area contributed by atoms with Crippen LogP contribution in [0.3, 0.4) is 0 Å². The number of non-ortho nitro benzene ring substituents is 1. The first-order valence-corrected chi connectivity index (χ1v) is 5.79. The fourth-order valence-electron chi connectivity index (χ4n) is 2.20. The molecule has 0 aromatic heterocycles. The summed E-state index contributed by atoms with van der Waals surface area (Å²) in [7, 11) is 0. The van der Waals surface area contributed by atoms with Gasteiger partial charge in [-0.3, -0.25) is 10.1 Å². The van der Waals surface area contributed by atoms with Crippen molar-refractivity contribution in [3.63, 3.8) is 0 Å². The van der Waals surface area contributed by atoms with Gasteiger partial charge in [0.2, 0.25) is 0 Å². The molecule has 0 radical (unpaired) electrons. The lowest BCUT2D eigenvalue weighted by atomic mass is 9.85. The molecular weight excluding hydrogens is 239 g/mol. The van der Waals surface area contributed by atoms with E-state index in [1.807, 2.05) is 0 Å². The van der Waals surface area contributed by atoms with Gasteiger partial charge in [0.25, 0.3) is 5.69 Å². The molecule has 1 aromatic carbocycles. The van der Waals surface area contributed by atoms with Gasteiger partial charge in [-0.25, -0.2) is 4.39 Å². The summed E-state index contributed by atoms with van der Waals surface area (Å²) in [5.74, 6) is -0.602. The lowest BCUT2D eigenvalue weighted by molar-refractivity contribution is -0.385. The Balaban J connectivity index is 2.20. The van der Waals surface area contributed by atoms with E-state index in [1.165, 1.54) is 12.1 Å². The second-order valence-electron chi connectivity index (χ2n) is 4.73. The standard InChI is InChI=1S/C12H15FN2O3/c13-10-5-9(6-11(7-10)15(16)17)8-12(14)1-3-18-4-2-12/h5-7H,1-4,8,14H2. The summed E-state index contributed by atoms with van der Waals surface area (Å²) in [6.07, 6.45) is 1.78. The summed E-state index contributed by atoms with van der Waals surface area (Å²) in [5, 5.41) is 10.7. The normalized spacial score (nSPS) is 18.6. The van der Waals surface area contributed by atoms with E-state index in [0.717, 1.165) is 6.07 Å². The van der Waals surface area contributed by atoms with Crippen LogP contribution in [0.5, 0.6) is 0 Å². The van der Waals surface area contributed by atoms with Crippen molar-refractivity contribution in [3.05, 3.63) is 39.7 Å². The first-order valence-electron chi connectivity index (χ1n) is 5.79. The molecule has 0 unspecified atom stereocenters. The topological polar surface area (TPSA) is 78.4 Å². The van der Waals surface area contributed by atoms with Crippen LogP contribution in [-0.2, 0) is 11.2 Å². The molecule has 1 fully saturated rings. The first-order chi connectivity index (χ1) is 8.48. The van der Waals surface area contributed by atoms with Crippen LogP contribution in [0, 0.1) is 15.9 Å². The molecule has 0 aliphatic carbocycles. The molecule has 0 spiro atoms. The molecule has 98 valence electrons. The summed E-state index contributed by atoms with van der Waals surface area (Å²) in [5.41, 5.74) is 6.06. The highest BCUT2D eigenvalue weighted by molar-refractivity contribution is 5.36. The van der Waals surface area contributed by atoms with Gasteiger partial charge in [-0.15, -0.1) is 0 Å². The number of benzene rings is 1. The maximum atomic E-state index is 13.3. The Morgan fingerprint density at radius 2 is 2.06 bits per heavy atom. The molecule has 18 heavy (non-hydrogen) atoms. The Hall–Kier alpha value is -1.53. The van der Waals surface area contributed by atoms with Gasteiger partial charge in [-0.2, -0.15) is 0 Å². The summed E-state index contributed by atoms with van der Waals surface area (Å²) in [6.45, 7) is 1.15. The van der Waals surface area contributed by atoms with E-state index in [1.54, 1.807) is 0 Å². The molecule has 1 heterocycles. The zero-order chi connectivity index (χ0) is 13.2. The second kappa shape index (κ2) is 4.99. The Kier molecular flexibility index (Phi) is 3.58. The van der Waals surface area contributed by atoms with E-state index in [2.05, 4.69) is 0 Å². The van der Waals surface area contributed by atoms with Crippen molar-refractivity contribution < 1.29 is 14.1 Å². The molecule has 6 heteroatoms. The zero-order valence-corrected chi connectivity index (χ0v) is 9.89. The van der Waals surface area contributed by atoms with E-state index < -0.39 is 16.3 Å². The lowest BCUT2D eigenvalue weighted by Gasteiger charge is -2.33. The summed E-state index contributed by atoms with van der Waals surface area (Å²) in [6, 6.07) is 3.60. The van der Waals surface area contributed by atoms with Crippen molar-refractivity contribution in [1.29, 1.82) is 0 Å². The fourth-order valence-corrected chi connectivity index (χ4v) is 2.20. The van der Waals surface area contributed by atoms with Crippen molar-refractivity contribution in [3.8, 4) is 0 Å². The summed E-state index contributed by atoms with van der Waals surface area (Å²) >= 11 is 0. The molecule has 1 aliphatic heterocycles. The number of nitrogens with two attached hydrogens (primary N) is 1. The highest BCUT2D eigenvalue weighted by Gasteiger charge is 2.28. The van der Waals surface area contributed by atoms with Gasteiger partial charge in [0.15, 0.2) is 0 Å². The molecule has 0 saturated carbocycles. The van der Waals surface area contributed by atoms with Gasteiger partial charge >= 0.3 is 0 Å². The minimum absolute atomic E-state index is 0.236. The quantitative estimate of drug-likeness (QED) is 0.658. The van der Waals surface area contributed by atoms with Crippen LogP contribution in [0.25, 0.3) is 0 Å². The minimum Gasteiger partial charge on any atom is -0.381 e. The number of ether oxygens (including phenoxy) is 1. The van der Waals surface area contributed by atoms with E-state index in [-0.39, 0.29) is 5.69 Å². The molecule has 1 aliphatic rings. The third-order valence-corrected chi connectivity index (χ3v) is 3.20. The summed E-state index contributed by atoms with van der Waals surface area (Å²) < 4.78 is 18.5. The molecule has 1 saturated heterocycles. The highest BCUT2D eigenvalue weighted by Crippen LogP contribution is 2.25. The molecule has 0 bridgehead atoms. The van der Waals surface area contributed by atoms with Crippen molar-refractivity contribution in [2.75, 3.05) is 13.2 Å². The van der Waals surface area contributed by atoms with Crippen molar-refractivity contribution >= 4 is 5.69 Å². The van der Waals surface area contributed by atoms with Crippen LogP contribution in [0.4, 0.5) is 10.1 Å². The summed E-state index contributed by atoms with van der Waals surface area (Å²) in [4.78, 5) is 10.1. The molecular formula is C12H15FN2O3. The molecule has 5 nitrogen and oxygen atoms in total. The van der Waals surface area contributed by atoms with Crippen molar-refractivity contribution in [2.24, 2.45) is 5.73 Å². The van der Waals surface area contributed by atoms with Gasteiger partial charge in [0.1, 0.15) is 5.82 Å². The number of halogens is 1. The Morgan fingerprint density at radius 1 is 1.39 bits per heavy atom. The van der Waals surface area contributed by atoms with Gasteiger partial charge in [0.05, 0.1) is 11.0 Å². The van der Waals surface area contributed by atoms with E-state index in [0.29, 0.717) is 38.0 Å². The third-order valence-electron chi connectivity index (χ3n) is 3.20. The number of nitro groups is 1. The monoisotopic (exact) mass is 254 g/mol. The number of hydrogen-bond donors (Lipinski definition) is 1. The van der Waals surface area contributed by atoms with E-state index >= 15 is 0 Å². The van der Waals surface area contributed by atoms with Gasteiger partial charge in [0, 0.05) is 24.8 Å². The second-order valence-corrected chi connectivity index (χ2v) is 4.73. The van der Waals surface area contributed by atoms with Crippen LogP contribution in [-0.4, -0.2) is 23.7 Å². The van der Waals surface area contributed by atoms with Crippen LogP contribution in [0.2, 0.25) is 0 Å².